The van der Waals surface area contributed by atoms with Gasteiger partial charge < -0.3 is 5.32 Å². The number of nitrogens with one attached hydrogen (secondary N) is 1. The second kappa shape index (κ2) is 9.84. The van der Waals surface area contributed by atoms with Crippen LogP contribution in [0, 0.1) is 0 Å². The van der Waals surface area contributed by atoms with Gasteiger partial charge in [-0.3, -0.25) is 24.0 Å². The molecule has 32 heavy (non-hydrogen) atoms. The smallest absolute Gasteiger partial charge is 0.293 e. The minimum absolute atomic E-state index is 0.103. The molecule has 9 heteroatoms. The van der Waals surface area contributed by atoms with Crippen molar-refractivity contribution in [1.82, 2.24) is 20.0 Å². The fourth-order valence-electron chi connectivity index (χ4n) is 3.13. The average molecular weight is 467 g/mol. The Labute approximate surface area is 194 Å². The molecule has 0 atom stereocenters. The Morgan fingerprint density at radius 1 is 1.09 bits per heavy atom. The van der Waals surface area contributed by atoms with Crippen LogP contribution in [0.2, 0.25) is 5.02 Å². The van der Waals surface area contributed by atoms with E-state index < -0.39 is 0 Å². The summed E-state index contributed by atoms with van der Waals surface area (Å²) in [5.74, 6) is -0.633. The van der Waals surface area contributed by atoms with Crippen LogP contribution in [0.5, 0.6) is 0 Å². The number of carbonyl (C=O) groups excluding carboxylic acids is 3. The van der Waals surface area contributed by atoms with Crippen LogP contribution in [0.3, 0.4) is 0 Å². The molecule has 3 amide bonds. The predicted octanol–water partition coefficient (Wildman–Crippen LogP) is 4.05. The molecule has 1 N–H and O–H groups in total. The Bertz CT molecular complexity index is 1160. The lowest BCUT2D eigenvalue weighted by atomic mass is 10.1. The molecule has 0 aliphatic carbocycles. The minimum Gasteiger partial charge on any atom is -0.350 e. The largest absolute Gasteiger partial charge is 0.350 e. The molecule has 1 fully saturated rings. The third-order valence-electron chi connectivity index (χ3n) is 4.78. The highest BCUT2D eigenvalue weighted by atomic mass is 35.5. The summed E-state index contributed by atoms with van der Waals surface area (Å²) in [7, 11) is 0. The van der Waals surface area contributed by atoms with E-state index >= 15 is 0 Å². The highest BCUT2D eigenvalue weighted by Crippen LogP contribution is 2.32. The number of imide groups is 1. The van der Waals surface area contributed by atoms with Crippen molar-refractivity contribution in [3.63, 3.8) is 0 Å². The minimum atomic E-state index is -0.368. The van der Waals surface area contributed by atoms with E-state index in [9.17, 15) is 14.4 Å². The summed E-state index contributed by atoms with van der Waals surface area (Å²) in [6.07, 6.45) is 5.24. The van der Waals surface area contributed by atoms with Gasteiger partial charge in [0.2, 0.25) is 0 Å². The normalized spacial score (nSPS) is 14.9. The zero-order valence-corrected chi connectivity index (χ0v) is 18.5. The van der Waals surface area contributed by atoms with Gasteiger partial charge in [0.05, 0.1) is 11.4 Å². The molecule has 0 saturated carbocycles. The number of carbonyl (C=O) groups is 3. The Morgan fingerprint density at radius 2 is 1.84 bits per heavy atom. The van der Waals surface area contributed by atoms with Gasteiger partial charge in [-0.25, -0.2) is 0 Å². The molecule has 1 aliphatic rings. The van der Waals surface area contributed by atoms with Gasteiger partial charge in [0.15, 0.2) is 0 Å². The molecular formula is C23H19ClN4O3S. The maximum absolute atomic E-state index is 12.6. The summed E-state index contributed by atoms with van der Waals surface area (Å²) in [5, 5.41) is 7.16. The zero-order chi connectivity index (χ0) is 22.5. The molecule has 2 heterocycles. The average Bonchev–Trinajstić information content (AvgIpc) is 3.39. The summed E-state index contributed by atoms with van der Waals surface area (Å²) in [6, 6.07) is 16.1. The molecule has 2 aromatic carbocycles. The molecule has 0 radical (unpaired) electrons. The van der Waals surface area contributed by atoms with Crippen LogP contribution in [0.15, 0.2) is 71.9 Å². The second-order valence-electron chi connectivity index (χ2n) is 7.04. The molecule has 1 saturated heterocycles. The van der Waals surface area contributed by atoms with E-state index in [2.05, 4.69) is 10.4 Å². The number of thioether (sulfide) groups is 1. The van der Waals surface area contributed by atoms with Crippen molar-refractivity contribution in [2.45, 2.75) is 6.54 Å². The van der Waals surface area contributed by atoms with Crippen LogP contribution >= 0.6 is 23.4 Å². The lowest BCUT2D eigenvalue weighted by molar-refractivity contribution is -0.122. The zero-order valence-electron chi connectivity index (χ0n) is 16.9. The lowest BCUT2D eigenvalue weighted by Crippen LogP contribution is -2.37. The molecule has 0 spiro atoms. The fraction of sp³-hybridized carbons (Fsp3) is 0.130. The predicted molar refractivity (Wildman–Crippen MR) is 124 cm³/mol. The van der Waals surface area contributed by atoms with Crippen LogP contribution < -0.4 is 5.32 Å². The number of amides is 3. The van der Waals surface area contributed by atoms with E-state index in [1.165, 1.54) is 0 Å². The topological polar surface area (TPSA) is 84.3 Å². The van der Waals surface area contributed by atoms with Crippen LogP contribution in [0.4, 0.5) is 4.79 Å². The van der Waals surface area contributed by atoms with Crippen molar-refractivity contribution >= 4 is 46.5 Å². The fourth-order valence-corrected chi connectivity index (χ4v) is 4.12. The third-order valence-corrected chi connectivity index (χ3v) is 5.94. The van der Waals surface area contributed by atoms with Gasteiger partial charge in [-0.1, -0.05) is 35.9 Å². The van der Waals surface area contributed by atoms with Gasteiger partial charge in [-0.2, -0.15) is 5.10 Å². The number of benzene rings is 2. The van der Waals surface area contributed by atoms with Crippen molar-refractivity contribution in [1.29, 1.82) is 0 Å². The Kier molecular flexibility index (Phi) is 6.72. The number of aromatic nitrogens is 2. The summed E-state index contributed by atoms with van der Waals surface area (Å²) in [4.78, 5) is 38.7. The van der Waals surface area contributed by atoms with Crippen molar-refractivity contribution in [3.8, 4) is 0 Å². The first-order chi connectivity index (χ1) is 15.5. The number of hydrogen-bond acceptors (Lipinski definition) is 5. The van der Waals surface area contributed by atoms with Gasteiger partial charge in [-0.05, 0) is 59.3 Å². The van der Waals surface area contributed by atoms with Crippen molar-refractivity contribution in [2.75, 3.05) is 13.1 Å². The SMILES string of the molecule is O=C(NCCN1C(=O)S/C(=C\c2ccc(Cl)cc2)C1=O)c1ccc(Cn2cccn2)cc1. The molecular weight excluding hydrogens is 448 g/mol. The molecule has 0 unspecified atom stereocenters. The van der Waals surface area contributed by atoms with Gasteiger partial charge in [0, 0.05) is 36.1 Å². The van der Waals surface area contributed by atoms with Crippen molar-refractivity contribution in [3.05, 3.63) is 93.6 Å². The maximum Gasteiger partial charge on any atom is 0.293 e. The van der Waals surface area contributed by atoms with Gasteiger partial charge in [0.25, 0.3) is 17.1 Å². The molecule has 162 valence electrons. The quantitative estimate of drug-likeness (QED) is 0.531. The molecule has 7 nitrogen and oxygen atoms in total. The third kappa shape index (κ3) is 5.27. The highest BCUT2D eigenvalue weighted by molar-refractivity contribution is 8.18. The van der Waals surface area contributed by atoms with Crippen molar-refractivity contribution in [2.24, 2.45) is 0 Å². The number of hydrogen-bond donors (Lipinski definition) is 1. The van der Waals surface area contributed by atoms with E-state index in [-0.39, 0.29) is 30.1 Å². The first kappa shape index (κ1) is 21.9. The number of rotatable bonds is 7. The van der Waals surface area contributed by atoms with E-state index in [0.29, 0.717) is 22.0 Å². The number of nitrogens with zero attached hydrogens (tertiary/aromatic N) is 3. The van der Waals surface area contributed by atoms with E-state index in [1.807, 2.05) is 24.4 Å². The van der Waals surface area contributed by atoms with Gasteiger partial charge in [-0.15, -0.1) is 0 Å². The Morgan fingerprint density at radius 3 is 2.53 bits per heavy atom. The Balaban J connectivity index is 1.30. The first-order valence-electron chi connectivity index (χ1n) is 9.85. The monoisotopic (exact) mass is 466 g/mol. The van der Waals surface area contributed by atoms with Crippen LogP contribution in [-0.2, 0) is 11.3 Å². The molecule has 3 aromatic rings. The summed E-state index contributed by atoms with van der Waals surface area (Å²) in [5.41, 5.74) is 2.31. The van der Waals surface area contributed by atoms with Crippen molar-refractivity contribution < 1.29 is 14.4 Å². The molecule has 1 aliphatic heterocycles. The lowest BCUT2D eigenvalue weighted by Gasteiger charge is -2.13. The summed E-state index contributed by atoms with van der Waals surface area (Å²) >= 11 is 6.76. The molecule has 4 rings (SSSR count). The van der Waals surface area contributed by atoms with E-state index in [4.69, 9.17) is 11.6 Å². The van der Waals surface area contributed by atoms with Crippen LogP contribution in [0.25, 0.3) is 6.08 Å². The van der Waals surface area contributed by atoms with Gasteiger partial charge >= 0.3 is 0 Å². The first-order valence-corrected chi connectivity index (χ1v) is 11.0. The molecule has 1 aromatic heterocycles. The summed E-state index contributed by atoms with van der Waals surface area (Å²) in [6.45, 7) is 0.892. The second-order valence-corrected chi connectivity index (χ2v) is 8.47. The van der Waals surface area contributed by atoms with E-state index in [0.717, 1.165) is 27.8 Å². The standard InChI is InChI=1S/C23H19ClN4O3S/c24-19-8-4-16(5-9-19)14-20-22(30)28(23(31)32-20)13-11-25-21(29)18-6-2-17(3-7-18)15-27-12-1-10-26-27/h1-10,12,14H,11,13,15H2,(H,25,29)/b20-14-. The van der Waals surface area contributed by atoms with Gasteiger partial charge in [0.1, 0.15) is 0 Å². The molecule has 0 bridgehead atoms. The van der Waals surface area contributed by atoms with Crippen LogP contribution in [-0.4, -0.2) is 44.8 Å². The van der Waals surface area contributed by atoms with E-state index in [1.54, 1.807) is 53.4 Å². The maximum atomic E-state index is 12.6. The number of halogens is 1. The van der Waals surface area contributed by atoms with Crippen LogP contribution in [0.1, 0.15) is 21.5 Å². The summed E-state index contributed by atoms with van der Waals surface area (Å²) < 4.78 is 1.80. The Hall–Kier alpha value is -3.36. The highest BCUT2D eigenvalue weighted by Gasteiger charge is 2.34.